The summed E-state index contributed by atoms with van der Waals surface area (Å²) in [5.74, 6) is 0. The second-order valence-corrected chi connectivity index (χ2v) is 5.55. The molecule has 22 heavy (non-hydrogen) atoms. The Labute approximate surface area is 133 Å². The third-order valence-corrected chi connectivity index (χ3v) is 4.13. The highest BCUT2D eigenvalue weighted by atomic mass is 16.4. The van der Waals surface area contributed by atoms with Gasteiger partial charge < -0.3 is 14.7 Å². The minimum absolute atomic E-state index is 0.159. The number of hydrogen-bond donors (Lipinski definition) is 1. The maximum Gasteiger partial charge on any atom is 0.0884 e. The summed E-state index contributed by atoms with van der Waals surface area (Å²) in [4.78, 5) is 2.35. The number of hydrogen-bond acceptors (Lipinski definition) is 3. The van der Waals surface area contributed by atoms with Crippen molar-refractivity contribution in [2.24, 2.45) is 0 Å². The van der Waals surface area contributed by atoms with Crippen molar-refractivity contribution in [3.63, 3.8) is 0 Å². The van der Waals surface area contributed by atoms with Crippen molar-refractivity contribution in [1.82, 2.24) is 0 Å². The number of anilines is 1. The van der Waals surface area contributed by atoms with E-state index < -0.39 is 0 Å². The van der Waals surface area contributed by atoms with Crippen molar-refractivity contribution in [3.8, 4) is 0 Å². The van der Waals surface area contributed by atoms with Gasteiger partial charge in [-0.15, -0.1) is 0 Å². The number of aliphatic hydroxyl groups excluding tert-OH is 1. The van der Waals surface area contributed by atoms with Crippen LogP contribution in [-0.2, 0) is 10.3 Å². The van der Waals surface area contributed by atoms with Gasteiger partial charge in [0, 0.05) is 26.5 Å². The molecule has 0 unspecified atom stereocenters. The summed E-state index contributed by atoms with van der Waals surface area (Å²) in [5, 5.41) is 10.1. The Kier molecular flexibility index (Phi) is 5.99. The lowest BCUT2D eigenvalue weighted by molar-refractivity contribution is 0.198. The van der Waals surface area contributed by atoms with Crippen LogP contribution in [0, 0.1) is 0 Å². The van der Waals surface area contributed by atoms with Crippen LogP contribution in [0.4, 0.5) is 5.69 Å². The van der Waals surface area contributed by atoms with E-state index >= 15 is 0 Å². The van der Waals surface area contributed by atoms with Gasteiger partial charge in [0.1, 0.15) is 0 Å². The van der Waals surface area contributed by atoms with E-state index in [1.165, 1.54) is 11.3 Å². The summed E-state index contributed by atoms with van der Waals surface area (Å²) in [5.41, 5.74) is 2.14. The molecule has 0 aliphatic carbocycles. The fourth-order valence-electron chi connectivity index (χ4n) is 3.17. The lowest BCUT2D eigenvalue weighted by Crippen LogP contribution is -2.44. The molecule has 0 amide bonds. The zero-order valence-electron chi connectivity index (χ0n) is 13.4. The molecule has 3 heteroatoms. The van der Waals surface area contributed by atoms with E-state index in [4.69, 9.17) is 0 Å². The molecule has 2 aromatic carbocycles. The molecule has 1 heterocycles. The van der Waals surface area contributed by atoms with E-state index in [1.54, 1.807) is 14.2 Å². The Balaban J connectivity index is 0.000000545. The normalized spacial score (nSPS) is 20.4. The van der Waals surface area contributed by atoms with E-state index in [-0.39, 0.29) is 12.1 Å². The van der Waals surface area contributed by atoms with Crippen molar-refractivity contribution in [2.75, 3.05) is 32.3 Å². The van der Waals surface area contributed by atoms with Crippen LogP contribution >= 0.6 is 0 Å². The molecule has 1 aliphatic heterocycles. The molecule has 3 rings (SSSR count). The molecule has 0 spiro atoms. The SMILES string of the molecule is COC.OC[C@]1(c2ccccc2)CCCN1c1ccccc1. The number of rotatable bonds is 3. The fourth-order valence-corrected chi connectivity index (χ4v) is 3.17. The second kappa shape index (κ2) is 7.97. The van der Waals surface area contributed by atoms with Gasteiger partial charge in [0.2, 0.25) is 0 Å². The highest BCUT2D eigenvalue weighted by Crippen LogP contribution is 2.41. The minimum Gasteiger partial charge on any atom is -0.394 e. The molecule has 0 radical (unpaired) electrons. The standard InChI is InChI=1S/C17H19NO.C2H6O/c19-14-17(15-8-3-1-4-9-15)12-7-13-18(17)16-10-5-2-6-11-16;1-3-2/h1-6,8-11,19H,7,12-14H2;1-2H3/t17-;/m0./s1. The lowest BCUT2D eigenvalue weighted by atomic mass is 9.87. The zero-order valence-corrected chi connectivity index (χ0v) is 13.4. The fraction of sp³-hybridized carbons (Fsp3) is 0.368. The number of para-hydroxylation sites is 1. The van der Waals surface area contributed by atoms with E-state index in [9.17, 15) is 5.11 Å². The number of benzene rings is 2. The number of ether oxygens (including phenoxy) is 1. The average Bonchev–Trinajstić information content (AvgIpc) is 3.02. The van der Waals surface area contributed by atoms with Crippen LogP contribution in [-0.4, -0.2) is 32.5 Å². The summed E-state index contributed by atoms with van der Waals surface area (Å²) in [6.45, 7) is 1.16. The van der Waals surface area contributed by atoms with E-state index in [1.807, 2.05) is 24.3 Å². The van der Waals surface area contributed by atoms with Crippen LogP contribution in [0.3, 0.4) is 0 Å². The maximum atomic E-state index is 10.1. The Bertz CT molecular complexity index is 544. The monoisotopic (exact) mass is 299 g/mol. The quantitative estimate of drug-likeness (QED) is 0.942. The van der Waals surface area contributed by atoms with Crippen LogP contribution < -0.4 is 4.90 Å². The van der Waals surface area contributed by atoms with E-state index in [0.29, 0.717) is 0 Å². The summed E-state index contributed by atoms with van der Waals surface area (Å²) < 4.78 is 4.25. The van der Waals surface area contributed by atoms with Gasteiger partial charge in [-0.1, -0.05) is 48.5 Å². The third kappa shape index (κ3) is 3.32. The predicted octanol–water partition coefficient (Wildman–Crippen LogP) is 3.44. The molecule has 0 saturated carbocycles. The van der Waals surface area contributed by atoms with Crippen molar-refractivity contribution in [3.05, 3.63) is 66.2 Å². The molecular weight excluding hydrogens is 274 g/mol. The Morgan fingerprint density at radius 3 is 2.09 bits per heavy atom. The highest BCUT2D eigenvalue weighted by Gasteiger charge is 2.41. The first-order valence-electron chi connectivity index (χ1n) is 7.67. The first-order valence-corrected chi connectivity index (χ1v) is 7.67. The van der Waals surface area contributed by atoms with Gasteiger partial charge in [-0.05, 0) is 30.5 Å². The molecule has 1 atom stereocenters. The molecule has 2 aromatic rings. The first-order chi connectivity index (χ1) is 10.8. The van der Waals surface area contributed by atoms with Crippen LogP contribution in [0.15, 0.2) is 60.7 Å². The van der Waals surface area contributed by atoms with E-state index in [0.717, 1.165) is 19.4 Å². The van der Waals surface area contributed by atoms with Gasteiger partial charge in [0.15, 0.2) is 0 Å². The second-order valence-electron chi connectivity index (χ2n) is 5.55. The van der Waals surface area contributed by atoms with Crippen molar-refractivity contribution >= 4 is 5.69 Å². The van der Waals surface area contributed by atoms with Gasteiger partial charge in [-0.25, -0.2) is 0 Å². The summed E-state index contributed by atoms with van der Waals surface area (Å²) in [6.07, 6.45) is 2.12. The van der Waals surface area contributed by atoms with Gasteiger partial charge >= 0.3 is 0 Å². The van der Waals surface area contributed by atoms with Crippen LogP contribution in [0.2, 0.25) is 0 Å². The van der Waals surface area contributed by atoms with Crippen molar-refractivity contribution < 1.29 is 9.84 Å². The summed E-state index contributed by atoms with van der Waals surface area (Å²) in [6, 6.07) is 20.8. The number of methoxy groups -OCH3 is 1. The molecule has 0 bridgehead atoms. The Morgan fingerprint density at radius 2 is 1.55 bits per heavy atom. The molecule has 1 saturated heterocycles. The largest absolute Gasteiger partial charge is 0.394 e. The molecule has 1 aliphatic rings. The van der Waals surface area contributed by atoms with Gasteiger partial charge in [-0.3, -0.25) is 0 Å². The number of nitrogens with zero attached hydrogens (tertiary/aromatic N) is 1. The topological polar surface area (TPSA) is 32.7 Å². The Hall–Kier alpha value is -1.84. The van der Waals surface area contributed by atoms with Gasteiger partial charge in [0.25, 0.3) is 0 Å². The van der Waals surface area contributed by atoms with Crippen LogP contribution in [0.1, 0.15) is 18.4 Å². The first kappa shape index (κ1) is 16.5. The highest BCUT2D eigenvalue weighted by molar-refractivity contribution is 5.53. The molecule has 3 nitrogen and oxygen atoms in total. The van der Waals surface area contributed by atoms with Crippen LogP contribution in [0.5, 0.6) is 0 Å². The van der Waals surface area contributed by atoms with Gasteiger partial charge in [0.05, 0.1) is 12.1 Å². The average molecular weight is 299 g/mol. The summed E-state index contributed by atoms with van der Waals surface area (Å²) in [7, 11) is 3.25. The Morgan fingerprint density at radius 1 is 1.00 bits per heavy atom. The number of aliphatic hydroxyl groups is 1. The zero-order chi connectivity index (χ0) is 15.8. The minimum atomic E-state index is -0.261. The van der Waals surface area contributed by atoms with Crippen LogP contribution in [0.25, 0.3) is 0 Å². The summed E-state index contributed by atoms with van der Waals surface area (Å²) >= 11 is 0. The molecule has 0 aromatic heterocycles. The van der Waals surface area contributed by atoms with Crippen molar-refractivity contribution in [1.29, 1.82) is 0 Å². The molecule has 1 fully saturated rings. The predicted molar refractivity (Wildman–Crippen MR) is 91.2 cm³/mol. The molecule has 118 valence electrons. The third-order valence-electron chi connectivity index (χ3n) is 4.13. The van der Waals surface area contributed by atoms with Gasteiger partial charge in [-0.2, -0.15) is 0 Å². The van der Waals surface area contributed by atoms with Crippen molar-refractivity contribution in [2.45, 2.75) is 18.4 Å². The van der Waals surface area contributed by atoms with E-state index in [2.05, 4.69) is 46.0 Å². The lowest BCUT2D eigenvalue weighted by Gasteiger charge is -2.39. The molecular formula is C19H25NO2. The molecule has 1 N–H and O–H groups in total. The smallest absolute Gasteiger partial charge is 0.0884 e. The maximum absolute atomic E-state index is 10.1.